The average molecular weight is 208 g/mol. The van der Waals surface area contributed by atoms with E-state index in [9.17, 15) is 9.59 Å². The lowest BCUT2D eigenvalue weighted by Gasteiger charge is -2.44. The average Bonchev–Trinajstić information content (AvgIpc) is 2.20. The maximum Gasteiger partial charge on any atom is 0.319 e. The van der Waals surface area contributed by atoms with Gasteiger partial charge in [0.1, 0.15) is 5.41 Å². The van der Waals surface area contributed by atoms with Crippen LogP contribution < -0.4 is 0 Å². The Morgan fingerprint density at radius 1 is 1.67 bits per heavy atom. The van der Waals surface area contributed by atoms with Crippen LogP contribution in [0.25, 0.3) is 0 Å². The fourth-order valence-electron chi connectivity index (χ4n) is 2.71. The second kappa shape index (κ2) is 3.47. The van der Waals surface area contributed by atoms with E-state index in [1.807, 2.05) is 0 Å². The van der Waals surface area contributed by atoms with Crippen molar-refractivity contribution in [3.8, 4) is 0 Å². The largest absolute Gasteiger partial charge is 0.465 e. The van der Waals surface area contributed by atoms with Gasteiger partial charge in [0.15, 0.2) is 5.78 Å². The quantitative estimate of drug-likeness (QED) is 0.395. The van der Waals surface area contributed by atoms with Gasteiger partial charge in [-0.2, -0.15) is 0 Å². The highest BCUT2D eigenvalue weighted by Gasteiger charge is 2.54. The highest BCUT2D eigenvalue weighted by Crippen LogP contribution is 2.50. The lowest BCUT2D eigenvalue weighted by Crippen LogP contribution is -2.49. The molecule has 0 spiro atoms. The summed E-state index contributed by atoms with van der Waals surface area (Å²) in [6.07, 6.45) is 2.55. The lowest BCUT2D eigenvalue weighted by atomic mass is 9.58. The van der Waals surface area contributed by atoms with Gasteiger partial charge in [0.2, 0.25) is 0 Å². The molecule has 0 heterocycles. The molecule has 3 aliphatic carbocycles. The van der Waals surface area contributed by atoms with Crippen LogP contribution in [0.5, 0.6) is 0 Å². The van der Waals surface area contributed by atoms with E-state index in [2.05, 4.69) is 6.58 Å². The molecule has 82 valence electrons. The normalized spacial score (nSPS) is 34.3. The first-order valence-electron chi connectivity index (χ1n) is 5.48. The Hall–Kier alpha value is -1.12. The molecule has 2 bridgehead atoms. The van der Waals surface area contributed by atoms with Crippen molar-refractivity contribution in [2.45, 2.75) is 32.6 Å². The number of ketones is 1. The predicted molar refractivity (Wildman–Crippen MR) is 55.2 cm³/mol. The Balaban J connectivity index is 2.27. The van der Waals surface area contributed by atoms with Crippen molar-refractivity contribution in [2.75, 3.05) is 6.61 Å². The number of fused-ring (bicyclic) bond motifs is 3. The molecule has 2 unspecified atom stereocenters. The smallest absolute Gasteiger partial charge is 0.319 e. The Kier molecular flexibility index (Phi) is 2.41. The molecule has 0 saturated heterocycles. The minimum atomic E-state index is -0.873. The van der Waals surface area contributed by atoms with E-state index >= 15 is 0 Å². The summed E-state index contributed by atoms with van der Waals surface area (Å²) in [5.41, 5.74) is 0.177. The van der Waals surface area contributed by atoms with Crippen molar-refractivity contribution in [3.63, 3.8) is 0 Å². The van der Waals surface area contributed by atoms with Crippen LogP contribution in [0.4, 0.5) is 0 Å². The zero-order chi connectivity index (χ0) is 11.1. The molecule has 0 aromatic carbocycles. The Labute approximate surface area is 89.5 Å². The van der Waals surface area contributed by atoms with E-state index in [1.165, 1.54) is 0 Å². The minimum Gasteiger partial charge on any atom is -0.465 e. The van der Waals surface area contributed by atoms with Gasteiger partial charge in [0.25, 0.3) is 0 Å². The van der Waals surface area contributed by atoms with Gasteiger partial charge in [-0.25, -0.2) is 0 Å². The van der Waals surface area contributed by atoms with Crippen molar-refractivity contribution in [2.24, 2.45) is 11.3 Å². The fourth-order valence-corrected chi connectivity index (χ4v) is 2.71. The number of ether oxygens (including phenoxy) is 1. The van der Waals surface area contributed by atoms with Gasteiger partial charge in [0, 0.05) is 6.42 Å². The van der Waals surface area contributed by atoms with Crippen LogP contribution in [-0.2, 0) is 14.3 Å². The molecule has 3 nitrogen and oxygen atoms in total. The Morgan fingerprint density at radius 2 is 2.40 bits per heavy atom. The van der Waals surface area contributed by atoms with Crippen LogP contribution in [0.2, 0.25) is 0 Å². The van der Waals surface area contributed by atoms with Gasteiger partial charge in [-0.15, -0.1) is 0 Å². The number of hydrogen-bond donors (Lipinski definition) is 0. The number of hydrogen-bond acceptors (Lipinski definition) is 3. The highest BCUT2D eigenvalue weighted by atomic mass is 16.5. The van der Waals surface area contributed by atoms with E-state index in [1.54, 1.807) is 6.92 Å². The lowest BCUT2D eigenvalue weighted by molar-refractivity contribution is -0.165. The summed E-state index contributed by atoms with van der Waals surface area (Å²) in [5, 5.41) is 0. The topological polar surface area (TPSA) is 43.4 Å². The van der Waals surface area contributed by atoms with Crippen LogP contribution in [-0.4, -0.2) is 18.4 Å². The summed E-state index contributed by atoms with van der Waals surface area (Å²) >= 11 is 0. The maximum atomic E-state index is 11.9. The van der Waals surface area contributed by atoms with Crippen LogP contribution in [0, 0.1) is 11.3 Å². The molecule has 3 heteroatoms. The summed E-state index contributed by atoms with van der Waals surface area (Å²) in [5.74, 6) is 0.0349. The molecule has 3 aliphatic rings. The van der Waals surface area contributed by atoms with E-state index in [0.29, 0.717) is 31.8 Å². The number of carbonyl (C=O) groups excluding carboxylic acids is 2. The van der Waals surface area contributed by atoms with E-state index in [-0.39, 0.29) is 11.8 Å². The van der Waals surface area contributed by atoms with E-state index in [0.717, 1.165) is 12.0 Å². The fraction of sp³-hybridized carbons (Fsp3) is 0.667. The number of allylic oxidation sites excluding steroid dienone is 1. The Morgan fingerprint density at radius 3 is 2.93 bits per heavy atom. The molecule has 0 aliphatic heterocycles. The summed E-state index contributed by atoms with van der Waals surface area (Å²) in [6.45, 7) is 6.06. The number of rotatable bonds is 2. The standard InChI is InChI=1S/C12H16O3/c1-3-15-11(14)12-5-4-9(6-10(12)13)8(2)7-12/h9H,2-7H2,1H3. The van der Waals surface area contributed by atoms with E-state index in [4.69, 9.17) is 4.74 Å². The van der Waals surface area contributed by atoms with Crippen molar-refractivity contribution < 1.29 is 14.3 Å². The molecule has 2 atom stereocenters. The molecule has 3 fully saturated rings. The minimum absolute atomic E-state index is 0.0598. The molecule has 3 rings (SSSR count). The van der Waals surface area contributed by atoms with Crippen molar-refractivity contribution in [1.29, 1.82) is 0 Å². The van der Waals surface area contributed by atoms with Gasteiger partial charge in [-0.3, -0.25) is 9.59 Å². The third kappa shape index (κ3) is 1.41. The molecular weight excluding hydrogens is 192 g/mol. The summed E-state index contributed by atoms with van der Waals surface area (Å²) in [4.78, 5) is 23.7. The maximum absolute atomic E-state index is 11.9. The monoisotopic (exact) mass is 208 g/mol. The Bertz CT molecular complexity index is 332. The van der Waals surface area contributed by atoms with Crippen molar-refractivity contribution >= 4 is 11.8 Å². The van der Waals surface area contributed by atoms with Gasteiger partial charge in [-0.1, -0.05) is 12.2 Å². The first kappa shape index (κ1) is 10.4. The second-order valence-electron chi connectivity index (χ2n) is 4.50. The van der Waals surface area contributed by atoms with Crippen LogP contribution in [0.3, 0.4) is 0 Å². The summed E-state index contributed by atoms with van der Waals surface area (Å²) in [6, 6.07) is 0. The third-order valence-electron chi connectivity index (χ3n) is 3.66. The van der Waals surface area contributed by atoms with Gasteiger partial charge in [0.05, 0.1) is 6.61 Å². The molecule has 0 radical (unpaired) electrons. The predicted octanol–water partition coefficient (Wildman–Crippen LogP) is 1.86. The SMILES string of the molecule is C=C1CC2(C(=O)OCC)CCC1CC2=O. The molecular formula is C12H16O3. The summed E-state index contributed by atoms with van der Waals surface area (Å²) < 4.78 is 5.02. The number of Topliss-reactive ketones (excluding diaryl/α,β-unsaturated/α-hetero) is 1. The molecule has 15 heavy (non-hydrogen) atoms. The number of esters is 1. The number of carbonyl (C=O) groups is 2. The van der Waals surface area contributed by atoms with Gasteiger partial charge < -0.3 is 4.74 Å². The van der Waals surface area contributed by atoms with Crippen LogP contribution in [0.1, 0.15) is 32.6 Å². The van der Waals surface area contributed by atoms with Crippen molar-refractivity contribution in [1.82, 2.24) is 0 Å². The van der Waals surface area contributed by atoms with Gasteiger partial charge >= 0.3 is 5.97 Å². The van der Waals surface area contributed by atoms with E-state index < -0.39 is 5.41 Å². The summed E-state index contributed by atoms with van der Waals surface area (Å²) in [7, 11) is 0. The van der Waals surface area contributed by atoms with Gasteiger partial charge in [-0.05, 0) is 32.1 Å². The first-order chi connectivity index (χ1) is 7.10. The molecule has 3 saturated carbocycles. The zero-order valence-electron chi connectivity index (χ0n) is 9.04. The molecule has 0 amide bonds. The first-order valence-corrected chi connectivity index (χ1v) is 5.48. The highest BCUT2D eigenvalue weighted by molar-refractivity contribution is 6.05. The second-order valence-corrected chi connectivity index (χ2v) is 4.50. The molecule has 0 aromatic heterocycles. The molecule has 0 N–H and O–H groups in total. The molecule has 0 aromatic rings. The van der Waals surface area contributed by atoms with Crippen molar-refractivity contribution in [3.05, 3.63) is 12.2 Å². The van der Waals surface area contributed by atoms with Crippen LogP contribution >= 0.6 is 0 Å². The third-order valence-corrected chi connectivity index (χ3v) is 3.66. The van der Waals surface area contributed by atoms with Crippen LogP contribution in [0.15, 0.2) is 12.2 Å². The zero-order valence-corrected chi connectivity index (χ0v) is 9.04.